The Hall–Kier alpha value is -0.721. The molecule has 0 saturated heterocycles. The van der Waals surface area contributed by atoms with E-state index in [1.54, 1.807) is 0 Å². The first-order valence-electron chi connectivity index (χ1n) is 3.49. The van der Waals surface area contributed by atoms with E-state index in [-0.39, 0.29) is 34.1 Å². The molecule has 0 aliphatic carbocycles. The van der Waals surface area contributed by atoms with E-state index >= 15 is 0 Å². The van der Waals surface area contributed by atoms with E-state index in [0.717, 1.165) is 0 Å². The molecule has 0 aliphatic rings. The van der Waals surface area contributed by atoms with Gasteiger partial charge in [-0.3, -0.25) is 0 Å². The van der Waals surface area contributed by atoms with Crippen LogP contribution < -0.4 is 0 Å². The number of rotatable bonds is 2. The number of hydrogen-bond acceptors (Lipinski definition) is 0. The summed E-state index contributed by atoms with van der Waals surface area (Å²) < 4.78 is 0. The minimum atomic E-state index is 0. The maximum absolute atomic E-state index is 6.36. The molecule has 0 aromatic carbocycles. The van der Waals surface area contributed by atoms with Gasteiger partial charge in [-0.15, -0.1) is 24.7 Å². The third-order valence-corrected chi connectivity index (χ3v) is 0.789. The second-order valence-corrected chi connectivity index (χ2v) is 1.76. The molecule has 0 heterocycles. The Morgan fingerprint density at radius 3 is 1.07 bits per heavy atom. The van der Waals surface area contributed by atoms with Crippen LogP contribution in [-0.4, -0.2) is 0 Å². The van der Waals surface area contributed by atoms with Crippen molar-refractivity contribution >= 4 is 0 Å². The van der Waals surface area contributed by atoms with Gasteiger partial charge in [0.1, 0.15) is 0 Å². The first kappa shape index (κ1) is 23.3. The maximum Gasteiger partial charge on any atom is 1.00 e. The third-order valence-electron chi connectivity index (χ3n) is 0.789. The number of terminal acetylenes is 2. The van der Waals surface area contributed by atoms with E-state index in [2.05, 4.69) is 23.7 Å². The summed E-state index contributed by atoms with van der Waals surface area (Å²) in [6.07, 6.45) is 24.9. The van der Waals surface area contributed by atoms with E-state index in [9.17, 15) is 0 Å². The monoisotopic (exact) mass is 280 g/mol. The van der Waals surface area contributed by atoms with Crippen LogP contribution in [0.2, 0.25) is 0 Å². The predicted molar refractivity (Wildman–Crippen MR) is 50.4 cm³/mol. The molecule has 0 spiro atoms. The van der Waals surface area contributed by atoms with Crippen LogP contribution in [0.3, 0.4) is 0 Å². The average molecular weight is 281 g/mol. The normalized spacial score (nSPS) is 4.86. The summed E-state index contributed by atoms with van der Waals surface area (Å²) >= 11 is 0. The molecule has 0 unspecified atom stereocenters. The molecule has 14 heavy (non-hydrogen) atoms. The molecule has 0 aliphatic heterocycles. The minimum absolute atomic E-state index is 0. The average Bonchev–Trinajstić information content (AvgIpc) is 2.12. The molecular weight excluding hydrogens is 271 g/mol. The van der Waals surface area contributed by atoms with E-state index in [4.69, 9.17) is 25.7 Å². The molecule has 0 bridgehead atoms. The van der Waals surface area contributed by atoms with Gasteiger partial charge in [-0.2, -0.15) is 0 Å². The number of unbranched alkanes of at least 4 members (excludes halogenated alkanes) is 2. The molecule has 0 atom stereocenters. The molecule has 0 nitrogen and oxygen atoms in total. The summed E-state index contributed by atoms with van der Waals surface area (Å²) in [6.45, 7) is 0. The van der Waals surface area contributed by atoms with Gasteiger partial charge in [0.25, 0.3) is 0 Å². The van der Waals surface area contributed by atoms with E-state index in [1.165, 1.54) is 0 Å². The van der Waals surface area contributed by atoms with Crippen molar-refractivity contribution in [3.8, 4) is 36.5 Å². The largest absolute Gasteiger partial charge is 1.00 e. The topological polar surface area (TPSA) is 0 Å². The van der Waals surface area contributed by atoms with Crippen LogP contribution in [0.5, 0.6) is 0 Å². The Labute approximate surface area is 109 Å². The molecule has 0 rings (SSSR count). The van der Waals surface area contributed by atoms with Gasteiger partial charge in [0, 0.05) is 12.8 Å². The van der Waals surface area contributed by atoms with Gasteiger partial charge in [0.2, 0.25) is 0 Å². The SMILES string of the molecule is [C-]#CCCC#C.[C-]#CCCC#C.[Cu+].[Cu+]. The van der Waals surface area contributed by atoms with Crippen molar-refractivity contribution in [2.24, 2.45) is 0 Å². The molecule has 0 N–H and O–H groups in total. The van der Waals surface area contributed by atoms with E-state index < -0.39 is 0 Å². The molecular formula is C12H10Cu2. The van der Waals surface area contributed by atoms with Crippen LogP contribution in [0.1, 0.15) is 25.7 Å². The van der Waals surface area contributed by atoms with Crippen molar-refractivity contribution in [2.45, 2.75) is 25.7 Å². The van der Waals surface area contributed by atoms with Crippen molar-refractivity contribution < 1.29 is 34.1 Å². The third kappa shape index (κ3) is 42.8. The second-order valence-electron chi connectivity index (χ2n) is 1.76. The summed E-state index contributed by atoms with van der Waals surface area (Å²) in [7, 11) is 0. The zero-order valence-corrected chi connectivity index (χ0v) is 9.47. The second kappa shape index (κ2) is 29.5. The van der Waals surface area contributed by atoms with Crippen LogP contribution in [0.4, 0.5) is 0 Å². The standard InChI is InChI=1S/2C6H5.2Cu/c2*1-3-5-6-4-2;;/h2*1H,5-6H2;;/q2*-1;2*+1. The summed E-state index contributed by atoms with van der Waals surface area (Å²) in [5, 5.41) is 0. The van der Waals surface area contributed by atoms with Crippen molar-refractivity contribution in [1.82, 2.24) is 0 Å². The maximum atomic E-state index is 6.36. The van der Waals surface area contributed by atoms with Crippen LogP contribution in [0, 0.1) is 49.4 Å². The van der Waals surface area contributed by atoms with Crippen molar-refractivity contribution in [3.63, 3.8) is 0 Å². The zero-order chi connectivity index (χ0) is 9.66. The zero-order valence-electron chi connectivity index (χ0n) is 7.59. The summed E-state index contributed by atoms with van der Waals surface area (Å²) in [5.41, 5.74) is 0. The molecule has 2 heteroatoms. The molecule has 0 aromatic rings. The fourth-order valence-corrected chi connectivity index (χ4v) is 0.269. The van der Waals surface area contributed by atoms with Crippen molar-refractivity contribution in [3.05, 3.63) is 12.8 Å². The van der Waals surface area contributed by atoms with Gasteiger partial charge in [-0.05, 0) is 12.8 Å². The van der Waals surface area contributed by atoms with Gasteiger partial charge in [-0.25, -0.2) is 0 Å². The van der Waals surface area contributed by atoms with Crippen LogP contribution in [0.25, 0.3) is 0 Å². The Morgan fingerprint density at radius 1 is 0.714 bits per heavy atom. The summed E-state index contributed by atoms with van der Waals surface area (Å²) in [6, 6.07) is 0. The van der Waals surface area contributed by atoms with Gasteiger partial charge in [0.15, 0.2) is 0 Å². The quantitative estimate of drug-likeness (QED) is 0.314. The van der Waals surface area contributed by atoms with Gasteiger partial charge in [-0.1, -0.05) is 0 Å². The fraction of sp³-hybridized carbons (Fsp3) is 0.333. The number of hydrogen-bond donors (Lipinski definition) is 0. The molecule has 0 radical (unpaired) electrons. The molecule has 80 valence electrons. The van der Waals surface area contributed by atoms with Crippen LogP contribution in [-0.2, 0) is 34.1 Å². The first-order valence-corrected chi connectivity index (χ1v) is 3.49. The van der Waals surface area contributed by atoms with Gasteiger partial charge < -0.3 is 24.7 Å². The van der Waals surface area contributed by atoms with Gasteiger partial charge in [0.05, 0.1) is 0 Å². The smallest absolute Gasteiger partial charge is 0.694 e. The first-order chi connectivity index (χ1) is 5.83. The molecule has 0 amide bonds. The molecule has 0 saturated carbocycles. The summed E-state index contributed by atoms with van der Waals surface area (Å²) in [4.78, 5) is 0. The molecule has 0 fully saturated rings. The predicted octanol–water partition coefficient (Wildman–Crippen LogP) is 1.97. The van der Waals surface area contributed by atoms with E-state index in [1.807, 2.05) is 0 Å². The Bertz CT molecular complexity index is 183. The Morgan fingerprint density at radius 2 is 1.00 bits per heavy atom. The van der Waals surface area contributed by atoms with Crippen molar-refractivity contribution in [2.75, 3.05) is 0 Å². The Kier molecular flexibility index (Phi) is 49.0. The van der Waals surface area contributed by atoms with Crippen LogP contribution >= 0.6 is 0 Å². The van der Waals surface area contributed by atoms with Crippen LogP contribution in [0.15, 0.2) is 0 Å². The minimum Gasteiger partial charge on any atom is -0.694 e. The van der Waals surface area contributed by atoms with E-state index in [0.29, 0.717) is 25.7 Å². The fourth-order valence-electron chi connectivity index (χ4n) is 0.269. The Balaban J connectivity index is -0.0000000625. The van der Waals surface area contributed by atoms with Crippen molar-refractivity contribution in [1.29, 1.82) is 0 Å². The van der Waals surface area contributed by atoms with Gasteiger partial charge >= 0.3 is 34.1 Å². The molecule has 0 aromatic heterocycles. The summed E-state index contributed by atoms with van der Waals surface area (Å²) in [5.74, 6) is 9.12.